The lowest BCUT2D eigenvalue weighted by atomic mass is 10.0. The zero-order valence-corrected chi connectivity index (χ0v) is 9.94. The molecular formula is C10H19NO4. The molecule has 0 aliphatic heterocycles. The van der Waals surface area contributed by atoms with Crippen LogP contribution >= 0.6 is 0 Å². The molecule has 5 nitrogen and oxygen atoms in total. The van der Waals surface area contributed by atoms with E-state index in [2.05, 4.69) is 0 Å². The van der Waals surface area contributed by atoms with Crippen molar-refractivity contribution in [3.63, 3.8) is 0 Å². The Morgan fingerprint density at radius 1 is 1.40 bits per heavy atom. The highest BCUT2D eigenvalue weighted by molar-refractivity contribution is 5.74. The summed E-state index contributed by atoms with van der Waals surface area (Å²) in [5.74, 6) is -0.658. The quantitative estimate of drug-likeness (QED) is 0.410. The lowest BCUT2D eigenvalue weighted by Crippen LogP contribution is -2.37. The minimum atomic E-state index is -1.25. The lowest BCUT2D eigenvalue weighted by Gasteiger charge is -2.21. The molecule has 0 spiro atoms. The molecule has 0 aromatic heterocycles. The number of hydrogen-bond donors (Lipinski definition) is 0. The Balaban J connectivity index is 4.50. The number of nitrogens with zero attached hydrogens (tertiary/aromatic N) is 1. The molecule has 0 radical (unpaired) electrons. The van der Waals surface area contributed by atoms with E-state index >= 15 is 0 Å². The van der Waals surface area contributed by atoms with Crippen molar-refractivity contribution in [2.45, 2.75) is 52.7 Å². The third-order valence-corrected chi connectivity index (χ3v) is 1.63. The second kappa shape index (κ2) is 5.09. The second-order valence-electron chi connectivity index (χ2n) is 4.96. The molecule has 15 heavy (non-hydrogen) atoms. The molecule has 0 rings (SSSR count). The predicted molar refractivity (Wildman–Crippen MR) is 56.1 cm³/mol. The molecule has 0 aromatic rings. The minimum Gasteiger partial charge on any atom is -0.455 e. The average molecular weight is 217 g/mol. The summed E-state index contributed by atoms with van der Waals surface area (Å²) < 4.78 is 4.98. The monoisotopic (exact) mass is 217 g/mol. The number of hydrogen-bond acceptors (Lipinski definition) is 4. The molecule has 5 heteroatoms. The molecule has 0 N–H and O–H groups in total. The van der Waals surface area contributed by atoms with Crippen LogP contribution in [0.2, 0.25) is 0 Å². The fourth-order valence-electron chi connectivity index (χ4n) is 1.08. The van der Waals surface area contributed by atoms with Crippen LogP contribution in [0.25, 0.3) is 0 Å². The summed E-state index contributed by atoms with van der Waals surface area (Å²) in [4.78, 5) is 21.6. The third kappa shape index (κ3) is 6.04. The fraction of sp³-hybridized carbons (Fsp3) is 0.900. The molecule has 0 amide bonds. The highest BCUT2D eigenvalue weighted by Gasteiger charge is 2.34. The van der Waals surface area contributed by atoms with Crippen molar-refractivity contribution < 1.29 is 14.5 Å². The first-order valence-corrected chi connectivity index (χ1v) is 5.00. The maximum Gasteiger partial charge on any atom is 0.382 e. The van der Waals surface area contributed by atoms with E-state index in [-0.39, 0.29) is 12.3 Å². The molecule has 0 bridgehead atoms. The SMILES string of the molecule is CC(C)CC(C(=O)OC(C)(C)C)[N+](=O)[O-]. The Hall–Kier alpha value is -1.13. The van der Waals surface area contributed by atoms with Gasteiger partial charge in [-0.2, -0.15) is 0 Å². The van der Waals surface area contributed by atoms with Gasteiger partial charge in [-0.05, 0) is 26.7 Å². The van der Waals surface area contributed by atoms with Crippen molar-refractivity contribution in [1.82, 2.24) is 0 Å². The molecule has 0 saturated carbocycles. The van der Waals surface area contributed by atoms with Gasteiger partial charge in [0.2, 0.25) is 0 Å². The summed E-state index contributed by atoms with van der Waals surface area (Å²) in [6, 6.07) is -1.25. The topological polar surface area (TPSA) is 69.4 Å². The van der Waals surface area contributed by atoms with E-state index in [1.807, 2.05) is 13.8 Å². The van der Waals surface area contributed by atoms with Crippen LogP contribution in [0.1, 0.15) is 41.0 Å². The molecular weight excluding hydrogens is 198 g/mol. The molecule has 1 atom stereocenters. The van der Waals surface area contributed by atoms with Crippen molar-refractivity contribution in [3.05, 3.63) is 10.1 Å². The van der Waals surface area contributed by atoms with Gasteiger partial charge in [0, 0.05) is 11.3 Å². The molecule has 88 valence electrons. The molecule has 0 aromatic carbocycles. The zero-order valence-electron chi connectivity index (χ0n) is 9.94. The van der Waals surface area contributed by atoms with Crippen LogP contribution in [0.4, 0.5) is 0 Å². The Morgan fingerprint density at radius 2 is 1.87 bits per heavy atom. The summed E-state index contributed by atoms with van der Waals surface area (Å²) in [6.07, 6.45) is 0.210. The Kier molecular flexibility index (Phi) is 4.71. The van der Waals surface area contributed by atoms with Gasteiger partial charge >= 0.3 is 12.0 Å². The van der Waals surface area contributed by atoms with Gasteiger partial charge in [0.25, 0.3) is 0 Å². The van der Waals surface area contributed by atoms with E-state index < -0.39 is 22.5 Å². The third-order valence-electron chi connectivity index (χ3n) is 1.63. The summed E-state index contributed by atoms with van der Waals surface area (Å²) in [6.45, 7) is 8.74. The largest absolute Gasteiger partial charge is 0.455 e. The highest BCUT2D eigenvalue weighted by Crippen LogP contribution is 2.14. The first-order valence-electron chi connectivity index (χ1n) is 5.00. The van der Waals surface area contributed by atoms with Gasteiger partial charge in [-0.3, -0.25) is 10.1 Å². The maximum atomic E-state index is 11.5. The van der Waals surface area contributed by atoms with Crippen LogP contribution in [0.3, 0.4) is 0 Å². The summed E-state index contributed by atoms with van der Waals surface area (Å²) in [7, 11) is 0. The minimum absolute atomic E-state index is 0.0907. The molecule has 0 fully saturated rings. The smallest absolute Gasteiger partial charge is 0.382 e. The van der Waals surface area contributed by atoms with Crippen LogP contribution in [0.5, 0.6) is 0 Å². The van der Waals surface area contributed by atoms with Crippen LogP contribution < -0.4 is 0 Å². The molecule has 0 heterocycles. The first-order chi connectivity index (χ1) is 6.63. The van der Waals surface area contributed by atoms with Gasteiger partial charge in [-0.15, -0.1) is 0 Å². The number of rotatable bonds is 4. The number of carbonyl (C=O) groups excluding carboxylic acids is 1. The van der Waals surface area contributed by atoms with Gasteiger partial charge in [-0.25, -0.2) is 4.79 Å². The lowest BCUT2D eigenvalue weighted by molar-refractivity contribution is -0.513. The Morgan fingerprint density at radius 3 is 2.13 bits per heavy atom. The summed E-state index contributed by atoms with van der Waals surface area (Å²) in [5.41, 5.74) is -0.678. The van der Waals surface area contributed by atoms with Crippen molar-refractivity contribution in [2.75, 3.05) is 0 Å². The van der Waals surface area contributed by atoms with Crippen molar-refractivity contribution in [2.24, 2.45) is 5.92 Å². The van der Waals surface area contributed by atoms with E-state index in [1.54, 1.807) is 20.8 Å². The zero-order chi connectivity index (χ0) is 12.2. The predicted octanol–water partition coefficient (Wildman–Crippen LogP) is 2.02. The fourth-order valence-corrected chi connectivity index (χ4v) is 1.08. The molecule has 0 aliphatic rings. The van der Waals surface area contributed by atoms with Crippen molar-refractivity contribution in [1.29, 1.82) is 0 Å². The van der Waals surface area contributed by atoms with E-state index in [9.17, 15) is 14.9 Å². The number of carbonyl (C=O) groups is 1. The standard InChI is InChI=1S/C10H19NO4/c1-7(2)6-8(11(13)14)9(12)15-10(3,4)5/h7-8H,6H2,1-5H3. The van der Waals surface area contributed by atoms with Crippen LogP contribution in [0.15, 0.2) is 0 Å². The molecule has 1 unspecified atom stereocenters. The van der Waals surface area contributed by atoms with Crippen LogP contribution in [-0.2, 0) is 9.53 Å². The van der Waals surface area contributed by atoms with Gasteiger partial charge in [0.1, 0.15) is 5.60 Å². The Labute approximate surface area is 90.0 Å². The summed E-state index contributed by atoms with van der Waals surface area (Å²) >= 11 is 0. The van der Waals surface area contributed by atoms with Gasteiger partial charge in [-0.1, -0.05) is 13.8 Å². The van der Waals surface area contributed by atoms with Crippen LogP contribution in [0, 0.1) is 16.0 Å². The average Bonchev–Trinajstić information content (AvgIpc) is 1.95. The normalized spacial score (nSPS) is 13.7. The van der Waals surface area contributed by atoms with Crippen molar-refractivity contribution in [3.8, 4) is 0 Å². The van der Waals surface area contributed by atoms with Gasteiger partial charge < -0.3 is 4.74 Å². The van der Waals surface area contributed by atoms with E-state index in [0.717, 1.165) is 0 Å². The number of esters is 1. The maximum absolute atomic E-state index is 11.5. The van der Waals surface area contributed by atoms with Crippen molar-refractivity contribution >= 4 is 5.97 Å². The highest BCUT2D eigenvalue weighted by atomic mass is 16.6. The second-order valence-corrected chi connectivity index (χ2v) is 4.96. The van der Waals surface area contributed by atoms with E-state index in [4.69, 9.17) is 4.74 Å². The summed E-state index contributed by atoms with van der Waals surface area (Å²) in [5, 5.41) is 10.7. The van der Waals surface area contributed by atoms with Gasteiger partial charge in [0.05, 0.1) is 0 Å². The van der Waals surface area contributed by atoms with E-state index in [0.29, 0.717) is 0 Å². The first kappa shape index (κ1) is 13.9. The number of ether oxygens (including phenoxy) is 1. The number of nitro groups is 1. The van der Waals surface area contributed by atoms with Crippen LogP contribution in [-0.4, -0.2) is 22.5 Å². The molecule has 0 saturated heterocycles. The molecule has 0 aliphatic carbocycles. The van der Waals surface area contributed by atoms with Gasteiger partial charge in [0.15, 0.2) is 0 Å². The Bertz CT molecular complexity index is 242. The van der Waals surface area contributed by atoms with E-state index in [1.165, 1.54) is 0 Å².